The molecule has 0 amide bonds. The molecular weight excluding hydrogens is 410 g/mol. The lowest BCUT2D eigenvalue weighted by molar-refractivity contribution is 0.00377. The summed E-state index contributed by atoms with van der Waals surface area (Å²) >= 11 is 0. The summed E-state index contributed by atoms with van der Waals surface area (Å²) in [6.07, 6.45) is 0.755. The molecule has 0 aliphatic rings. The fraction of sp³-hybridized carbons (Fsp3) is 0.174. The highest BCUT2D eigenvalue weighted by Gasteiger charge is 2.21. The van der Waals surface area contributed by atoms with Gasteiger partial charge in [-0.2, -0.15) is 4.98 Å². The van der Waals surface area contributed by atoms with Crippen molar-refractivity contribution >= 4 is 28.7 Å². The molecule has 0 bridgehead atoms. The minimum absolute atomic E-state index is 0.0192. The molecule has 0 saturated heterocycles. The molecule has 0 spiro atoms. The van der Waals surface area contributed by atoms with Crippen molar-refractivity contribution in [2.75, 3.05) is 5.73 Å². The van der Waals surface area contributed by atoms with E-state index in [4.69, 9.17) is 10.5 Å². The van der Waals surface area contributed by atoms with Crippen molar-refractivity contribution in [3.05, 3.63) is 88.5 Å². The summed E-state index contributed by atoms with van der Waals surface area (Å²) in [6, 6.07) is 17.7. The maximum absolute atomic E-state index is 12.8. The number of ether oxygens (including phenoxy) is 1. The molecule has 4 rings (SSSR count). The monoisotopic (exact) mass is 431 g/mol. The number of benzene rings is 2. The number of nitrogen functional groups attached to an aromatic ring is 1. The Morgan fingerprint density at radius 3 is 2.09 bits per heavy atom. The first-order chi connectivity index (χ1) is 15.5. The van der Waals surface area contributed by atoms with Gasteiger partial charge in [-0.25, -0.2) is 4.98 Å². The summed E-state index contributed by atoms with van der Waals surface area (Å²) in [7, 11) is 0. The van der Waals surface area contributed by atoms with Crippen LogP contribution in [0.3, 0.4) is 0 Å². The van der Waals surface area contributed by atoms with Crippen molar-refractivity contribution in [3.8, 4) is 0 Å². The Labute approximate surface area is 182 Å². The zero-order valence-corrected chi connectivity index (χ0v) is 17.1. The van der Waals surface area contributed by atoms with Gasteiger partial charge in [0.2, 0.25) is 5.95 Å². The lowest BCUT2D eigenvalue weighted by Crippen LogP contribution is -2.23. The van der Waals surface area contributed by atoms with Gasteiger partial charge in [0.15, 0.2) is 22.7 Å². The van der Waals surface area contributed by atoms with Gasteiger partial charge in [-0.1, -0.05) is 60.7 Å². The predicted octanol–water partition coefficient (Wildman–Crippen LogP) is 2.59. The first kappa shape index (κ1) is 21.1. The van der Waals surface area contributed by atoms with Gasteiger partial charge in [-0.05, 0) is 0 Å². The average molecular weight is 431 g/mol. The van der Waals surface area contributed by atoms with E-state index < -0.39 is 11.7 Å². The number of carbonyl (C=O) groups excluding carboxylic acids is 2. The SMILES string of the molecule is Nc1nc2c(ncn2COC(CC(=O)c2ccccc2)CC(=O)c2ccccc2)c(=O)[nH]1. The van der Waals surface area contributed by atoms with Crippen LogP contribution < -0.4 is 11.3 Å². The van der Waals surface area contributed by atoms with Crippen LogP contribution in [0.25, 0.3) is 11.2 Å². The number of fused-ring (bicyclic) bond motifs is 1. The third-order valence-electron chi connectivity index (χ3n) is 4.96. The van der Waals surface area contributed by atoms with E-state index in [1.807, 2.05) is 12.1 Å². The Hall–Kier alpha value is -4.11. The van der Waals surface area contributed by atoms with Gasteiger partial charge in [-0.3, -0.25) is 23.9 Å². The Morgan fingerprint density at radius 2 is 1.53 bits per heavy atom. The Bertz CT molecular complexity index is 1240. The van der Waals surface area contributed by atoms with Crippen molar-refractivity contribution in [1.82, 2.24) is 19.5 Å². The minimum Gasteiger partial charge on any atom is -0.369 e. The molecule has 3 N–H and O–H groups in total. The molecule has 0 aliphatic carbocycles. The smallest absolute Gasteiger partial charge is 0.280 e. The molecule has 9 heteroatoms. The number of anilines is 1. The Morgan fingerprint density at radius 1 is 0.969 bits per heavy atom. The van der Waals surface area contributed by atoms with Gasteiger partial charge in [0.1, 0.15) is 6.73 Å². The fourth-order valence-corrected chi connectivity index (χ4v) is 3.34. The van der Waals surface area contributed by atoms with Crippen LogP contribution in [0.5, 0.6) is 0 Å². The molecule has 4 aromatic rings. The number of Topliss-reactive ketones (excluding diaryl/α,β-unsaturated/α-hetero) is 2. The van der Waals surface area contributed by atoms with E-state index in [1.54, 1.807) is 48.5 Å². The van der Waals surface area contributed by atoms with Gasteiger partial charge < -0.3 is 10.5 Å². The van der Waals surface area contributed by atoms with E-state index in [-0.39, 0.29) is 48.3 Å². The summed E-state index contributed by atoms with van der Waals surface area (Å²) in [5.41, 5.74) is 6.65. The quantitative estimate of drug-likeness (QED) is 0.389. The molecule has 2 aromatic heterocycles. The molecule has 2 aromatic carbocycles. The predicted molar refractivity (Wildman–Crippen MR) is 118 cm³/mol. The number of H-pyrrole nitrogens is 1. The van der Waals surface area contributed by atoms with E-state index in [0.29, 0.717) is 11.1 Å². The van der Waals surface area contributed by atoms with Crippen molar-refractivity contribution < 1.29 is 14.3 Å². The number of aromatic amines is 1. The molecule has 0 aliphatic heterocycles. The largest absolute Gasteiger partial charge is 0.369 e. The highest BCUT2D eigenvalue weighted by molar-refractivity contribution is 5.99. The van der Waals surface area contributed by atoms with Crippen LogP contribution in [0.1, 0.15) is 33.6 Å². The molecule has 0 unspecified atom stereocenters. The van der Waals surface area contributed by atoms with Gasteiger partial charge in [-0.15, -0.1) is 0 Å². The van der Waals surface area contributed by atoms with Crippen molar-refractivity contribution in [2.24, 2.45) is 0 Å². The Balaban J connectivity index is 1.54. The molecular formula is C23H21N5O4. The number of nitrogens with one attached hydrogen (secondary N) is 1. The number of nitrogens with two attached hydrogens (primary N) is 1. The van der Waals surface area contributed by atoms with Crippen LogP contribution >= 0.6 is 0 Å². The standard InChI is InChI=1S/C23H21N5O4/c24-23-26-21-20(22(31)27-23)25-13-28(21)14-32-17(11-18(29)15-7-3-1-4-8-15)12-19(30)16-9-5-2-6-10-16/h1-10,13,17H,11-12,14H2,(H3,24,26,27,31). The topological polar surface area (TPSA) is 133 Å². The molecule has 9 nitrogen and oxygen atoms in total. The fourth-order valence-electron chi connectivity index (χ4n) is 3.34. The molecule has 0 fully saturated rings. The van der Waals surface area contributed by atoms with Crippen LogP contribution in [0.2, 0.25) is 0 Å². The number of ketones is 2. The Kier molecular flexibility index (Phi) is 6.18. The average Bonchev–Trinajstić information content (AvgIpc) is 3.21. The van der Waals surface area contributed by atoms with Crippen LogP contribution in [-0.4, -0.2) is 37.2 Å². The number of carbonyl (C=O) groups is 2. The maximum atomic E-state index is 12.8. The van der Waals surface area contributed by atoms with Gasteiger partial charge in [0.05, 0.1) is 12.4 Å². The van der Waals surface area contributed by atoms with E-state index in [1.165, 1.54) is 10.9 Å². The number of hydrogen-bond donors (Lipinski definition) is 2. The highest BCUT2D eigenvalue weighted by Crippen LogP contribution is 2.16. The normalized spacial score (nSPS) is 11.2. The maximum Gasteiger partial charge on any atom is 0.280 e. The third kappa shape index (κ3) is 4.79. The van der Waals surface area contributed by atoms with Crippen LogP contribution in [-0.2, 0) is 11.5 Å². The zero-order valence-electron chi connectivity index (χ0n) is 17.1. The third-order valence-corrected chi connectivity index (χ3v) is 4.96. The number of nitrogens with zero attached hydrogens (tertiary/aromatic N) is 3. The lowest BCUT2D eigenvalue weighted by atomic mass is 9.99. The highest BCUT2D eigenvalue weighted by atomic mass is 16.5. The first-order valence-corrected chi connectivity index (χ1v) is 10.00. The molecule has 0 atom stereocenters. The minimum atomic E-state index is -0.688. The second-order valence-electron chi connectivity index (χ2n) is 7.24. The summed E-state index contributed by atoms with van der Waals surface area (Å²) in [4.78, 5) is 48.0. The van der Waals surface area contributed by atoms with Crippen LogP contribution in [0, 0.1) is 0 Å². The van der Waals surface area contributed by atoms with E-state index in [0.717, 1.165) is 0 Å². The number of aromatic nitrogens is 4. The molecule has 2 heterocycles. The van der Waals surface area contributed by atoms with Crippen molar-refractivity contribution in [3.63, 3.8) is 0 Å². The molecule has 32 heavy (non-hydrogen) atoms. The van der Waals surface area contributed by atoms with Gasteiger partial charge >= 0.3 is 0 Å². The van der Waals surface area contributed by atoms with E-state index >= 15 is 0 Å². The van der Waals surface area contributed by atoms with Crippen molar-refractivity contribution in [2.45, 2.75) is 25.7 Å². The number of hydrogen-bond acceptors (Lipinski definition) is 7. The van der Waals surface area contributed by atoms with E-state index in [9.17, 15) is 14.4 Å². The second kappa shape index (κ2) is 9.36. The lowest BCUT2D eigenvalue weighted by Gasteiger charge is -2.17. The molecule has 162 valence electrons. The van der Waals surface area contributed by atoms with Crippen LogP contribution in [0.4, 0.5) is 5.95 Å². The van der Waals surface area contributed by atoms with Crippen molar-refractivity contribution in [1.29, 1.82) is 0 Å². The second-order valence-corrected chi connectivity index (χ2v) is 7.24. The summed E-state index contributed by atoms with van der Waals surface area (Å²) < 4.78 is 7.45. The summed E-state index contributed by atoms with van der Waals surface area (Å²) in [6.45, 7) is -0.0544. The zero-order chi connectivity index (χ0) is 22.5. The summed E-state index contributed by atoms with van der Waals surface area (Å²) in [5.74, 6) is -0.309. The number of imidazole rings is 1. The molecule has 0 radical (unpaired) electrons. The summed E-state index contributed by atoms with van der Waals surface area (Å²) in [5, 5.41) is 0. The number of rotatable bonds is 9. The molecule has 0 saturated carbocycles. The first-order valence-electron chi connectivity index (χ1n) is 10.00. The van der Waals surface area contributed by atoms with Gasteiger partial charge in [0, 0.05) is 24.0 Å². The van der Waals surface area contributed by atoms with E-state index in [2.05, 4.69) is 15.0 Å². The van der Waals surface area contributed by atoms with Crippen LogP contribution in [0.15, 0.2) is 71.8 Å². The van der Waals surface area contributed by atoms with Gasteiger partial charge in [0.25, 0.3) is 5.56 Å².